The first-order valence-electron chi connectivity index (χ1n) is 24.0. The molecule has 0 aliphatic heterocycles. The highest BCUT2D eigenvalue weighted by molar-refractivity contribution is 6.28. The molecule has 0 saturated heterocycles. The Morgan fingerprint density at radius 3 is 0.898 bits per heavy atom. The van der Waals surface area contributed by atoms with E-state index in [9.17, 15) is 0 Å². The topological polar surface area (TPSA) is 64.6 Å². The maximum atomic E-state index is 7.04. The Morgan fingerprint density at radius 2 is 0.525 bits per heavy atom. The average Bonchev–Trinajstić information content (AvgIpc) is 3.24. The van der Waals surface area contributed by atoms with Crippen LogP contribution in [0.5, 0.6) is 40.2 Å². The monoisotopic (exact) mass is 817 g/mol. The lowest BCUT2D eigenvalue weighted by molar-refractivity contribution is 0.237. The molecule has 4 rings (SSSR count). The van der Waals surface area contributed by atoms with Crippen molar-refractivity contribution < 1.29 is 33.2 Å². The van der Waals surface area contributed by atoms with Crippen molar-refractivity contribution in [2.45, 2.75) is 177 Å². The average molecular weight is 817 g/mol. The van der Waals surface area contributed by atoms with Gasteiger partial charge in [0, 0.05) is 5.39 Å². The minimum Gasteiger partial charge on any atom is -0.490 e. The zero-order valence-corrected chi connectivity index (χ0v) is 38.3. The van der Waals surface area contributed by atoms with E-state index in [0.29, 0.717) is 52.0 Å². The Hall–Kier alpha value is -3.74. The Kier molecular flexibility index (Phi) is 22.7. The van der Waals surface area contributed by atoms with Gasteiger partial charge in [-0.2, -0.15) is 0 Å². The van der Waals surface area contributed by atoms with E-state index in [1.54, 1.807) is 0 Å². The molecule has 0 aliphatic rings. The van der Waals surface area contributed by atoms with E-state index < -0.39 is 0 Å². The van der Waals surface area contributed by atoms with Crippen LogP contribution in [-0.2, 0) is 0 Å². The normalized spacial score (nSPS) is 11.4. The van der Waals surface area contributed by atoms with Crippen molar-refractivity contribution in [2.24, 2.45) is 0 Å². The quantitative estimate of drug-likeness (QED) is 0.0344. The molecular weight excluding hydrogens is 737 g/mol. The van der Waals surface area contributed by atoms with Crippen molar-refractivity contribution in [3.8, 4) is 40.2 Å². The molecule has 0 aromatic heterocycles. The van der Waals surface area contributed by atoms with Gasteiger partial charge in [0.15, 0.2) is 34.5 Å². The van der Waals surface area contributed by atoms with Crippen molar-refractivity contribution in [1.82, 2.24) is 0 Å². The summed E-state index contributed by atoms with van der Waals surface area (Å²) < 4.78 is 46.8. The van der Waals surface area contributed by atoms with Crippen LogP contribution in [0.4, 0.5) is 0 Å². The fraction of sp³-hybridized carbons (Fsp3) is 0.654. The van der Waals surface area contributed by atoms with Gasteiger partial charge in [0.2, 0.25) is 5.75 Å². The van der Waals surface area contributed by atoms with Gasteiger partial charge in [0.25, 0.3) is 0 Å². The van der Waals surface area contributed by atoms with Crippen LogP contribution in [0.2, 0.25) is 0 Å². The molecule has 0 bridgehead atoms. The summed E-state index contributed by atoms with van der Waals surface area (Å²) in [6, 6.07) is 11.0. The second-order valence-electron chi connectivity index (χ2n) is 16.2. The minimum atomic E-state index is 0.595. The number of benzene rings is 4. The number of rotatable bonds is 34. The molecule has 0 atom stereocenters. The van der Waals surface area contributed by atoms with E-state index in [0.717, 1.165) is 157 Å². The van der Waals surface area contributed by atoms with Crippen molar-refractivity contribution >= 4 is 32.3 Å². The molecule has 7 nitrogen and oxygen atoms in total. The van der Waals surface area contributed by atoms with E-state index in [4.69, 9.17) is 33.2 Å². The molecule has 0 heterocycles. The molecule has 0 N–H and O–H groups in total. The first-order chi connectivity index (χ1) is 29.1. The van der Waals surface area contributed by atoms with Gasteiger partial charge in [-0.1, -0.05) is 132 Å². The molecular formula is C52H80O7. The lowest BCUT2D eigenvalue weighted by Crippen LogP contribution is -2.07. The third kappa shape index (κ3) is 14.5. The van der Waals surface area contributed by atoms with E-state index in [1.807, 2.05) is 0 Å². The lowest BCUT2D eigenvalue weighted by Gasteiger charge is -2.23. The fourth-order valence-corrected chi connectivity index (χ4v) is 7.32. The molecule has 7 heteroatoms. The highest BCUT2D eigenvalue weighted by Gasteiger charge is 2.25. The molecule has 0 aliphatic carbocycles. The zero-order chi connectivity index (χ0) is 42.1. The predicted molar refractivity (Wildman–Crippen MR) is 249 cm³/mol. The van der Waals surface area contributed by atoms with Crippen LogP contribution in [-0.4, -0.2) is 46.2 Å². The Bertz CT molecular complexity index is 1740. The molecule has 4 aromatic carbocycles. The van der Waals surface area contributed by atoms with Gasteiger partial charge in [-0.3, -0.25) is 0 Å². The number of unbranched alkanes of at least 4 members (excludes halogenated alkanes) is 13. The summed E-state index contributed by atoms with van der Waals surface area (Å²) in [5.41, 5.74) is 0. The molecule has 59 heavy (non-hydrogen) atoms. The van der Waals surface area contributed by atoms with E-state index in [1.165, 1.54) is 38.5 Å². The van der Waals surface area contributed by atoms with Gasteiger partial charge in [-0.15, -0.1) is 0 Å². The van der Waals surface area contributed by atoms with Crippen LogP contribution >= 0.6 is 0 Å². The maximum Gasteiger partial charge on any atom is 0.204 e. The number of hydrogen-bond acceptors (Lipinski definition) is 7. The highest BCUT2D eigenvalue weighted by Crippen LogP contribution is 2.52. The van der Waals surface area contributed by atoms with Crippen molar-refractivity contribution in [3.63, 3.8) is 0 Å². The summed E-state index contributed by atoms with van der Waals surface area (Å²) in [4.78, 5) is 0. The molecule has 0 amide bonds. The van der Waals surface area contributed by atoms with Gasteiger partial charge in [0.1, 0.15) is 0 Å². The second-order valence-corrected chi connectivity index (χ2v) is 16.2. The number of ether oxygens (including phenoxy) is 7. The smallest absolute Gasteiger partial charge is 0.204 e. The van der Waals surface area contributed by atoms with Crippen molar-refractivity contribution in [1.29, 1.82) is 0 Å². The molecule has 0 spiro atoms. The van der Waals surface area contributed by atoms with Crippen LogP contribution in [0.3, 0.4) is 0 Å². The van der Waals surface area contributed by atoms with Crippen LogP contribution in [0.1, 0.15) is 177 Å². The van der Waals surface area contributed by atoms with Gasteiger partial charge in [-0.25, -0.2) is 0 Å². The minimum absolute atomic E-state index is 0.595. The molecule has 0 saturated carbocycles. The summed E-state index contributed by atoms with van der Waals surface area (Å²) >= 11 is 0. The SMILES string of the molecule is CCCCCCCOc1c(OCCCC)cc2c3cc(OCCCC)c(OCCCC)cc3c3cc(OCCCC)c(OCCCC)cc3c2c1OCCCCCCC. The van der Waals surface area contributed by atoms with Gasteiger partial charge in [0.05, 0.1) is 46.2 Å². The summed E-state index contributed by atoms with van der Waals surface area (Å²) in [5.74, 6) is 5.24. The summed E-state index contributed by atoms with van der Waals surface area (Å²) in [6.45, 7) is 19.8. The number of hydrogen-bond donors (Lipinski definition) is 0. The van der Waals surface area contributed by atoms with E-state index in [-0.39, 0.29) is 0 Å². The van der Waals surface area contributed by atoms with Crippen molar-refractivity contribution in [3.05, 3.63) is 30.3 Å². The maximum absolute atomic E-state index is 7.04. The molecule has 0 radical (unpaired) electrons. The third-order valence-electron chi connectivity index (χ3n) is 11.0. The highest BCUT2D eigenvalue weighted by atomic mass is 16.5. The third-order valence-corrected chi connectivity index (χ3v) is 11.0. The Morgan fingerprint density at radius 1 is 0.254 bits per heavy atom. The van der Waals surface area contributed by atoms with Crippen LogP contribution in [0.25, 0.3) is 32.3 Å². The Balaban J connectivity index is 2.11. The van der Waals surface area contributed by atoms with Crippen LogP contribution in [0, 0.1) is 0 Å². The van der Waals surface area contributed by atoms with E-state index in [2.05, 4.69) is 78.8 Å². The molecule has 330 valence electrons. The van der Waals surface area contributed by atoms with Gasteiger partial charge < -0.3 is 33.2 Å². The van der Waals surface area contributed by atoms with Crippen molar-refractivity contribution in [2.75, 3.05) is 46.2 Å². The zero-order valence-electron chi connectivity index (χ0n) is 38.3. The number of fused-ring (bicyclic) bond motifs is 6. The second kappa shape index (κ2) is 27.9. The first kappa shape index (κ1) is 47.9. The predicted octanol–water partition coefficient (Wildman–Crippen LogP) is 15.7. The Labute approximate surface area is 358 Å². The summed E-state index contributed by atoms with van der Waals surface area (Å²) in [5, 5.41) is 6.26. The van der Waals surface area contributed by atoms with Gasteiger partial charge >= 0.3 is 0 Å². The summed E-state index contributed by atoms with van der Waals surface area (Å²) in [6.07, 6.45) is 21.6. The standard InChI is InChI=1S/C52H80O7/c1-8-15-22-24-26-33-58-51-49(57-32-21-14-7)39-44-42-37-46(54-29-18-11-4)45(53-28-17-10-3)35-40(42)41-36-47(55-30-19-12-5)48(56-31-20-13-6)38-43(41)50(44)52(51)59-34-27-25-23-16-9-2/h35-39H,8-34H2,1-7H3. The van der Waals surface area contributed by atoms with Crippen LogP contribution in [0.15, 0.2) is 30.3 Å². The molecule has 0 fully saturated rings. The largest absolute Gasteiger partial charge is 0.490 e. The van der Waals surface area contributed by atoms with E-state index >= 15 is 0 Å². The molecule has 0 unspecified atom stereocenters. The first-order valence-corrected chi connectivity index (χ1v) is 24.0. The van der Waals surface area contributed by atoms with Gasteiger partial charge in [-0.05, 0) is 102 Å². The van der Waals surface area contributed by atoms with Crippen LogP contribution < -0.4 is 33.2 Å². The fourth-order valence-electron chi connectivity index (χ4n) is 7.32. The summed E-state index contributed by atoms with van der Waals surface area (Å²) in [7, 11) is 0. The molecule has 4 aromatic rings. The lowest BCUT2D eigenvalue weighted by atomic mass is 9.92.